The molecule has 1 atom stereocenters. The molecule has 176 valence electrons. The summed E-state index contributed by atoms with van der Waals surface area (Å²) in [5.41, 5.74) is 2.66. The number of imide groups is 1. The Hall–Kier alpha value is -3.73. The van der Waals surface area contributed by atoms with Crippen molar-refractivity contribution in [2.24, 2.45) is 0 Å². The topological polar surface area (TPSA) is 142 Å². The summed E-state index contributed by atoms with van der Waals surface area (Å²) >= 11 is 0. The summed E-state index contributed by atoms with van der Waals surface area (Å²) in [6.45, 7) is 0.147. The van der Waals surface area contributed by atoms with Crippen LogP contribution in [0.2, 0.25) is 0 Å². The largest absolute Gasteiger partial charge is 0.326 e. The van der Waals surface area contributed by atoms with Gasteiger partial charge in [0.1, 0.15) is 6.04 Å². The third-order valence-electron chi connectivity index (χ3n) is 6.29. The molecule has 34 heavy (non-hydrogen) atoms. The van der Waals surface area contributed by atoms with E-state index in [1.165, 1.54) is 23.1 Å². The molecule has 3 aliphatic heterocycles. The van der Waals surface area contributed by atoms with Crippen LogP contribution in [0.25, 0.3) is 0 Å². The summed E-state index contributed by atoms with van der Waals surface area (Å²) in [4.78, 5) is 49.7. The van der Waals surface area contributed by atoms with E-state index >= 15 is 0 Å². The van der Waals surface area contributed by atoms with E-state index in [1.54, 1.807) is 18.2 Å². The Morgan fingerprint density at radius 2 is 1.68 bits per heavy atom. The minimum atomic E-state index is -3.91. The van der Waals surface area contributed by atoms with E-state index < -0.39 is 22.0 Å². The highest BCUT2D eigenvalue weighted by molar-refractivity contribution is 7.92. The third-order valence-corrected chi connectivity index (χ3v) is 7.67. The molecular weight excluding hydrogens is 460 g/mol. The maximum atomic E-state index is 13.0. The first-order chi connectivity index (χ1) is 16.2. The highest BCUT2D eigenvalue weighted by atomic mass is 32.2. The number of rotatable bonds is 4. The van der Waals surface area contributed by atoms with Gasteiger partial charge in [0.2, 0.25) is 17.7 Å². The minimum Gasteiger partial charge on any atom is -0.326 e. The number of nitrogens with one attached hydrogen (secondary N) is 3. The molecule has 3 heterocycles. The van der Waals surface area contributed by atoms with E-state index in [-0.39, 0.29) is 42.0 Å². The van der Waals surface area contributed by atoms with Crippen molar-refractivity contribution < 1.29 is 27.6 Å². The lowest BCUT2D eigenvalue weighted by molar-refractivity contribution is -0.137. The van der Waals surface area contributed by atoms with Crippen molar-refractivity contribution in [1.82, 2.24) is 10.2 Å². The van der Waals surface area contributed by atoms with Gasteiger partial charge in [-0.05, 0) is 66.8 Å². The number of carbonyl (C=O) groups excluding carboxylic acids is 4. The molecule has 0 radical (unpaired) electrons. The zero-order valence-electron chi connectivity index (χ0n) is 18.1. The Kier molecular flexibility index (Phi) is 5.35. The van der Waals surface area contributed by atoms with Gasteiger partial charge in [-0.2, -0.15) is 0 Å². The van der Waals surface area contributed by atoms with Gasteiger partial charge in [-0.15, -0.1) is 0 Å². The first kappa shape index (κ1) is 22.1. The van der Waals surface area contributed by atoms with E-state index in [4.69, 9.17) is 0 Å². The number of fused-ring (bicyclic) bond motifs is 2. The van der Waals surface area contributed by atoms with E-state index in [0.717, 1.165) is 5.56 Å². The highest BCUT2D eigenvalue weighted by Gasteiger charge is 2.39. The number of nitrogens with zero attached hydrogens (tertiary/aromatic N) is 1. The van der Waals surface area contributed by atoms with Crippen LogP contribution in [0.4, 0.5) is 11.4 Å². The summed E-state index contributed by atoms with van der Waals surface area (Å²) < 4.78 is 28.6. The van der Waals surface area contributed by atoms with E-state index in [2.05, 4.69) is 15.4 Å². The molecule has 0 spiro atoms. The molecule has 1 unspecified atom stereocenters. The smallest absolute Gasteiger partial charge is 0.261 e. The lowest BCUT2D eigenvalue weighted by Crippen LogP contribution is -2.52. The van der Waals surface area contributed by atoms with Crippen LogP contribution in [0, 0.1) is 0 Å². The van der Waals surface area contributed by atoms with Gasteiger partial charge in [-0.25, -0.2) is 8.42 Å². The van der Waals surface area contributed by atoms with E-state index in [1.807, 2.05) is 0 Å². The normalized spacial score (nSPS) is 20.2. The molecule has 1 saturated heterocycles. The number of hydrogen-bond acceptors (Lipinski definition) is 6. The number of benzene rings is 2. The first-order valence-electron chi connectivity index (χ1n) is 10.9. The molecule has 4 amide bonds. The van der Waals surface area contributed by atoms with Gasteiger partial charge in [-0.1, -0.05) is 0 Å². The number of amides is 4. The molecule has 10 nitrogen and oxygen atoms in total. The second-order valence-electron chi connectivity index (χ2n) is 8.60. The number of anilines is 2. The fraction of sp³-hybridized carbons (Fsp3) is 0.304. The average Bonchev–Trinajstić information content (AvgIpc) is 2.97. The second kappa shape index (κ2) is 8.24. The quantitative estimate of drug-likeness (QED) is 0.564. The predicted molar refractivity (Wildman–Crippen MR) is 121 cm³/mol. The average molecular weight is 483 g/mol. The van der Waals surface area contributed by atoms with Crippen molar-refractivity contribution >= 4 is 45.0 Å². The lowest BCUT2D eigenvalue weighted by Gasteiger charge is -2.29. The van der Waals surface area contributed by atoms with Crippen molar-refractivity contribution in [1.29, 1.82) is 0 Å². The number of sulfonamides is 1. The zero-order valence-corrected chi connectivity index (χ0v) is 18.9. The maximum absolute atomic E-state index is 13.0. The van der Waals surface area contributed by atoms with Crippen LogP contribution in [0.3, 0.4) is 0 Å². The molecule has 3 aliphatic rings. The number of aryl methyl sites for hydroxylation is 1. The Labute approximate surface area is 195 Å². The summed E-state index contributed by atoms with van der Waals surface area (Å²) in [6, 6.07) is 8.48. The summed E-state index contributed by atoms with van der Waals surface area (Å²) in [7, 11) is -3.91. The maximum Gasteiger partial charge on any atom is 0.261 e. The third kappa shape index (κ3) is 4.03. The van der Waals surface area contributed by atoms with Crippen LogP contribution in [0.5, 0.6) is 0 Å². The Morgan fingerprint density at radius 1 is 0.882 bits per heavy atom. The highest BCUT2D eigenvalue weighted by Crippen LogP contribution is 2.31. The van der Waals surface area contributed by atoms with Gasteiger partial charge >= 0.3 is 0 Å². The van der Waals surface area contributed by atoms with Crippen molar-refractivity contribution in [3.05, 3.63) is 53.1 Å². The van der Waals surface area contributed by atoms with Gasteiger partial charge in [-0.3, -0.25) is 29.2 Å². The molecule has 0 aromatic heterocycles. The molecule has 1 fully saturated rings. The van der Waals surface area contributed by atoms with Crippen molar-refractivity contribution in [3.8, 4) is 0 Å². The molecule has 2 aromatic rings. The van der Waals surface area contributed by atoms with Crippen molar-refractivity contribution in [3.63, 3.8) is 0 Å². The Balaban J connectivity index is 1.36. The molecule has 0 bridgehead atoms. The molecule has 0 aliphatic carbocycles. The van der Waals surface area contributed by atoms with Crippen LogP contribution in [-0.4, -0.2) is 43.0 Å². The first-order valence-corrected chi connectivity index (χ1v) is 12.4. The summed E-state index contributed by atoms with van der Waals surface area (Å²) in [5.74, 6) is -1.28. The summed E-state index contributed by atoms with van der Waals surface area (Å²) in [6.07, 6.45) is 2.03. The zero-order chi connectivity index (χ0) is 24.0. The molecule has 5 rings (SSSR count). The number of piperidine rings is 1. The molecule has 3 N–H and O–H groups in total. The van der Waals surface area contributed by atoms with Crippen molar-refractivity contribution in [2.75, 3.05) is 10.0 Å². The fourth-order valence-corrected chi connectivity index (χ4v) is 5.67. The second-order valence-corrected chi connectivity index (χ2v) is 10.3. The van der Waals surface area contributed by atoms with Crippen molar-refractivity contribution in [2.45, 2.75) is 49.6 Å². The van der Waals surface area contributed by atoms with Crippen LogP contribution in [-0.2, 0) is 37.4 Å². The number of carbonyl (C=O) groups is 4. The Bertz CT molecular complexity index is 1350. The van der Waals surface area contributed by atoms with Crippen LogP contribution < -0.4 is 15.4 Å². The van der Waals surface area contributed by atoms with Crippen LogP contribution >= 0.6 is 0 Å². The predicted octanol–water partition coefficient (Wildman–Crippen LogP) is 1.52. The molecule has 11 heteroatoms. The molecule has 0 saturated carbocycles. The van der Waals surface area contributed by atoms with E-state index in [0.29, 0.717) is 41.8 Å². The lowest BCUT2D eigenvalue weighted by atomic mass is 10.0. The standard InChI is InChI=1S/C23H22N4O6S/c28-20-3-1-2-13-11-16(5-7-18(13)24-20)34(32,33)26-15-4-6-17-14(10-15)12-27(23(17)31)19-8-9-21(29)25-22(19)30/h4-7,10-11,19,26H,1-3,8-9,12H2,(H,24,28)(H,25,29,30). The SMILES string of the molecule is O=C1CCC(N2Cc3cc(NS(=O)(=O)c4ccc5c(c4)CCCC(=O)N5)ccc3C2=O)C(=O)N1. The number of hydrogen-bond donors (Lipinski definition) is 3. The van der Waals surface area contributed by atoms with Gasteiger partial charge in [0.05, 0.1) is 4.90 Å². The van der Waals surface area contributed by atoms with E-state index in [9.17, 15) is 27.6 Å². The Morgan fingerprint density at radius 3 is 2.47 bits per heavy atom. The van der Waals surface area contributed by atoms with Gasteiger partial charge in [0.25, 0.3) is 15.9 Å². The molecule has 2 aromatic carbocycles. The fourth-order valence-electron chi connectivity index (χ4n) is 4.57. The summed E-state index contributed by atoms with van der Waals surface area (Å²) in [5, 5.41) is 5.04. The van der Waals surface area contributed by atoms with Crippen LogP contribution in [0.15, 0.2) is 41.3 Å². The van der Waals surface area contributed by atoms with Crippen LogP contribution in [0.1, 0.15) is 47.2 Å². The van der Waals surface area contributed by atoms with Gasteiger partial charge < -0.3 is 10.2 Å². The van der Waals surface area contributed by atoms with Gasteiger partial charge in [0.15, 0.2) is 0 Å². The molecular formula is C23H22N4O6S. The van der Waals surface area contributed by atoms with Gasteiger partial charge in [0, 0.05) is 36.3 Å². The monoisotopic (exact) mass is 482 g/mol. The minimum absolute atomic E-state index is 0.0733.